The number of piperidine rings is 3. The van der Waals surface area contributed by atoms with Crippen molar-refractivity contribution >= 4 is 15.9 Å². The first-order valence-corrected chi connectivity index (χ1v) is 15.0. The van der Waals surface area contributed by atoms with Crippen LogP contribution in [0.4, 0.5) is 0 Å². The minimum absolute atomic E-state index is 0.182. The number of fused-ring (bicyclic) bond motifs is 3. The van der Waals surface area contributed by atoms with E-state index in [9.17, 15) is 0 Å². The lowest BCUT2D eigenvalue weighted by molar-refractivity contribution is -0.988. The molecule has 7 rings (SSSR count). The minimum Gasteiger partial charge on any atom is -0.496 e. The van der Waals surface area contributed by atoms with Crippen LogP contribution in [0.1, 0.15) is 41.0 Å². The molecule has 0 amide bonds. The number of para-hydroxylation sites is 1. The molecule has 3 nitrogen and oxygen atoms in total. The number of benzene rings is 4. The predicted octanol–water partition coefficient (Wildman–Crippen LogP) is 7.52. The fraction of sp³-hybridized carbons (Fsp3) is 0.314. The van der Waals surface area contributed by atoms with Gasteiger partial charge in [-0.25, -0.2) is 0 Å². The Morgan fingerprint density at radius 2 is 1.33 bits per heavy atom. The van der Waals surface area contributed by atoms with E-state index in [1.165, 1.54) is 48.2 Å². The number of hydrogen-bond donors (Lipinski definition) is 1. The van der Waals surface area contributed by atoms with Crippen LogP contribution in [0, 0.1) is 5.92 Å². The summed E-state index contributed by atoms with van der Waals surface area (Å²) >= 11 is 4.66. The molecule has 4 aromatic rings. The average molecular weight is 583 g/mol. The van der Waals surface area contributed by atoms with E-state index in [-0.39, 0.29) is 16.4 Å². The molecule has 3 fully saturated rings. The van der Waals surface area contributed by atoms with E-state index in [2.05, 4.69) is 130 Å². The Morgan fingerprint density at radius 3 is 1.92 bits per heavy atom. The van der Waals surface area contributed by atoms with Gasteiger partial charge in [0.05, 0.1) is 32.2 Å². The smallest absolute Gasteiger partial charge is 0.181 e. The van der Waals surface area contributed by atoms with Gasteiger partial charge in [-0.05, 0) is 39.0 Å². The second-order valence-electron chi connectivity index (χ2n) is 11.2. The lowest BCUT2D eigenvalue weighted by Crippen LogP contribution is -2.78. The Hall–Kier alpha value is -2.92. The molecule has 3 heterocycles. The maximum atomic E-state index is 5.73. The zero-order valence-electron chi connectivity index (χ0n) is 22.7. The first-order chi connectivity index (χ1) is 19.1. The van der Waals surface area contributed by atoms with Gasteiger partial charge < -0.3 is 14.5 Å². The van der Waals surface area contributed by atoms with Crippen LogP contribution in [-0.2, 0) is 13.1 Å². The number of nitrogens with one attached hydrogen (secondary N) is 1. The highest BCUT2D eigenvalue weighted by atomic mass is 79.9. The quantitative estimate of drug-likeness (QED) is 0.125. The van der Waals surface area contributed by atoms with Crippen LogP contribution in [0.15, 0.2) is 115 Å². The van der Waals surface area contributed by atoms with Crippen molar-refractivity contribution in [3.05, 3.63) is 138 Å². The molecule has 2 bridgehead atoms. The maximum Gasteiger partial charge on any atom is 0.181 e. The number of quaternary nitrogens is 1. The number of methoxy groups -OCH3 is 1. The standard InChI is InChI=1S/C35H38BrN2O/c1-39-32-20-12-11-19-31(32)25-37-34-30-21-23-38(24-22-30,26-27-13-5-2-6-14-27)35(34,36)33(28-15-7-3-8-16-28)29-17-9-4-10-18-29/h2-20,30,33-34,37H,21-26H2,1H3/q+1/t30-,34-,35+,38+/m0/s1. The van der Waals surface area contributed by atoms with Crippen LogP contribution in [0.3, 0.4) is 0 Å². The highest BCUT2D eigenvalue weighted by molar-refractivity contribution is 9.10. The first-order valence-electron chi connectivity index (χ1n) is 14.2. The van der Waals surface area contributed by atoms with Crippen molar-refractivity contribution in [3.63, 3.8) is 0 Å². The molecule has 3 aliphatic rings. The Morgan fingerprint density at radius 1 is 0.795 bits per heavy atom. The van der Waals surface area contributed by atoms with Crippen LogP contribution in [0.25, 0.3) is 0 Å². The summed E-state index contributed by atoms with van der Waals surface area (Å²) in [6.45, 7) is 4.14. The summed E-state index contributed by atoms with van der Waals surface area (Å²) in [4.78, 5) is 0. The third-order valence-electron chi connectivity index (χ3n) is 9.19. The molecule has 0 aliphatic carbocycles. The van der Waals surface area contributed by atoms with Crippen LogP contribution < -0.4 is 10.1 Å². The number of hydrogen-bond acceptors (Lipinski definition) is 2. The summed E-state index contributed by atoms with van der Waals surface area (Å²) in [6.07, 6.45) is 2.47. The molecule has 2 atom stereocenters. The molecule has 1 N–H and O–H groups in total. The normalized spacial score (nSPS) is 26.0. The van der Waals surface area contributed by atoms with Crippen LogP contribution in [-0.4, -0.2) is 35.2 Å². The zero-order valence-corrected chi connectivity index (χ0v) is 24.3. The molecule has 0 aromatic heterocycles. The van der Waals surface area contributed by atoms with E-state index in [0.717, 1.165) is 23.3 Å². The van der Waals surface area contributed by atoms with E-state index in [1.54, 1.807) is 7.11 Å². The van der Waals surface area contributed by atoms with Gasteiger partial charge >= 0.3 is 0 Å². The highest BCUT2D eigenvalue weighted by Gasteiger charge is 2.66. The van der Waals surface area contributed by atoms with Crippen LogP contribution >= 0.6 is 15.9 Å². The summed E-state index contributed by atoms with van der Waals surface area (Å²) < 4.78 is 6.51. The maximum absolute atomic E-state index is 5.73. The van der Waals surface area contributed by atoms with Gasteiger partial charge in [0.2, 0.25) is 0 Å². The summed E-state index contributed by atoms with van der Waals surface area (Å²) in [5, 5.41) is 4.12. The third-order valence-corrected chi connectivity index (χ3v) is 10.9. The van der Waals surface area contributed by atoms with E-state index >= 15 is 0 Å². The molecule has 39 heavy (non-hydrogen) atoms. The van der Waals surface area contributed by atoms with E-state index in [0.29, 0.717) is 5.92 Å². The Labute approximate surface area is 241 Å². The number of nitrogens with zero attached hydrogens (tertiary/aromatic N) is 1. The van der Waals surface area contributed by atoms with E-state index in [1.807, 2.05) is 6.07 Å². The van der Waals surface area contributed by atoms with Crippen molar-refractivity contribution in [3.8, 4) is 5.75 Å². The van der Waals surface area contributed by atoms with Crippen molar-refractivity contribution in [2.75, 3.05) is 20.2 Å². The second-order valence-corrected chi connectivity index (χ2v) is 12.5. The fourth-order valence-electron chi connectivity index (χ4n) is 7.38. The fourth-order valence-corrected chi connectivity index (χ4v) is 8.92. The predicted molar refractivity (Wildman–Crippen MR) is 163 cm³/mol. The molecule has 0 unspecified atom stereocenters. The molecule has 200 valence electrons. The van der Waals surface area contributed by atoms with Gasteiger partial charge in [-0.15, -0.1) is 0 Å². The van der Waals surface area contributed by atoms with E-state index in [4.69, 9.17) is 4.74 Å². The second kappa shape index (κ2) is 11.3. The monoisotopic (exact) mass is 581 g/mol. The lowest BCUT2D eigenvalue weighted by Gasteiger charge is -2.65. The van der Waals surface area contributed by atoms with Crippen molar-refractivity contribution in [2.24, 2.45) is 5.92 Å². The molecular weight excluding hydrogens is 544 g/mol. The molecule has 0 saturated carbocycles. The number of alkyl halides is 1. The third kappa shape index (κ3) is 4.84. The van der Waals surface area contributed by atoms with Gasteiger partial charge in [-0.3, -0.25) is 0 Å². The van der Waals surface area contributed by atoms with Crippen molar-refractivity contribution in [2.45, 2.75) is 42.3 Å². The molecule has 3 aliphatic heterocycles. The van der Waals surface area contributed by atoms with Gasteiger partial charge in [0.25, 0.3) is 0 Å². The van der Waals surface area contributed by atoms with E-state index < -0.39 is 0 Å². The topological polar surface area (TPSA) is 21.3 Å². The van der Waals surface area contributed by atoms with Crippen LogP contribution in [0.5, 0.6) is 5.75 Å². The van der Waals surface area contributed by atoms with Gasteiger partial charge in [0.1, 0.15) is 12.3 Å². The Bertz CT molecular complexity index is 1320. The van der Waals surface area contributed by atoms with Crippen molar-refractivity contribution in [1.29, 1.82) is 0 Å². The van der Waals surface area contributed by atoms with Gasteiger partial charge in [0, 0.05) is 30.5 Å². The lowest BCUT2D eigenvalue weighted by atomic mass is 9.68. The SMILES string of the molecule is COc1ccccc1CN[C@H]1[C@H]2CC[N@+](Cc3ccccc3)(CC2)[C@]1(Br)C(c1ccccc1)c1ccccc1. The van der Waals surface area contributed by atoms with Gasteiger partial charge in [-0.1, -0.05) is 109 Å². The van der Waals surface area contributed by atoms with Crippen molar-refractivity contribution < 1.29 is 9.22 Å². The molecule has 0 spiro atoms. The molecule has 3 saturated heterocycles. The Balaban J connectivity index is 1.49. The largest absolute Gasteiger partial charge is 0.496 e. The molecule has 4 heteroatoms. The average Bonchev–Trinajstić information content (AvgIpc) is 2.99. The van der Waals surface area contributed by atoms with Crippen LogP contribution in [0.2, 0.25) is 0 Å². The number of halogens is 1. The number of ether oxygens (including phenoxy) is 1. The zero-order chi connectivity index (χ0) is 26.7. The molecule has 0 radical (unpaired) electrons. The number of rotatable bonds is 9. The van der Waals surface area contributed by atoms with Gasteiger partial charge in [0.15, 0.2) is 4.45 Å². The minimum atomic E-state index is -0.241. The molecule has 4 aromatic carbocycles. The van der Waals surface area contributed by atoms with Gasteiger partial charge in [-0.2, -0.15) is 0 Å². The molecular formula is C35H38BrN2O+. The summed E-state index contributed by atoms with van der Waals surface area (Å²) in [5.74, 6) is 1.73. The summed E-state index contributed by atoms with van der Waals surface area (Å²) in [6, 6.07) is 42.1. The summed E-state index contributed by atoms with van der Waals surface area (Å²) in [7, 11) is 1.77. The highest BCUT2D eigenvalue weighted by Crippen LogP contribution is 2.58. The summed E-state index contributed by atoms with van der Waals surface area (Å²) in [5.41, 5.74) is 5.34. The Kier molecular flexibility index (Phi) is 7.61. The first kappa shape index (κ1) is 26.3. The van der Waals surface area contributed by atoms with Crippen molar-refractivity contribution in [1.82, 2.24) is 5.32 Å².